The fraction of sp³-hybridized carbons (Fsp3) is 0.368. The van der Waals surface area contributed by atoms with E-state index in [9.17, 15) is 0 Å². The van der Waals surface area contributed by atoms with E-state index < -0.39 is 0 Å². The lowest BCUT2D eigenvalue weighted by Crippen LogP contribution is -2.21. The monoisotopic (exact) mass is 267 g/mol. The molecule has 2 unspecified atom stereocenters. The summed E-state index contributed by atoms with van der Waals surface area (Å²) in [7, 11) is 0. The van der Waals surface area contributed by atoms with Crippen molar-refractivity contribution >= 4 is 0 Å². The first-order valence-electron chi connectivity index (χ1n) is 7.31. The molecule has 0 aromatic heterocycles. The third-order valence-electron chi connectivity index (χ3n) is 4.62. The van der Waals surface area contributed by atoms with Gasteiger partial charge in [0.25, 0.3) is 0 Å². The molecule has 20 heavy (non-hydrogen) atoms. The normalized spacial score (nSPS) is 14.1. The predicted molar refractivity (Wildman–Crippen MR) is 87.2 cm³/mol. The van der Waals surface area contributed by atoms with Gasteiger partial charge in [0.05, 0.1) is 0 Å². The van der Waals surface area contributed by atoms with Crippen LogP contribution in [0.2, 0.25) is 0 Å². The van der Waals surface area contributed by atoms with Crippen molar-refractivity contribution in [2.75, 3.05) is 0 Å². The average Bonchev–Trinajstić information content (AvgIpc) is 2.45. The third kappa shape index (κ3) is 2.64. The van der Waals surface area contributed by atoms with Crippen LogP contribution in [0.5, 0.6) is 0 Å². The van der Waals surface area contributed by atoms with Gasteiger partial charge in [0.2, 0.25) is 0 Å². The van der Waals surface area contributed by atoms with Gasteiger partial charge in [-0.05, 0) is 61.1 Å². The quantitative estimate of drug-likeness (QED) is 0.855. The van der Waals surface area contributed by atoms with Crippen molar-refractivity contribution in [3.63, 3.8) is 0 Å². The maximum atomic E-state index is 6.61. The highest BCUT2D eigenvalue weighted by Crippen LogP contribution is 2.34. The van der Waals surface area contributed by atoms with E-state index in [1.807, 2.05) is 0 Å². The Bertz CT molecular complexity index is 573. The summed E-state index contributed by atoms with van der Waals surface area (Å²) in [6.07, 6.45) is 0. The smallest absolute Gasteiger partial charge is 0.0367 e. The lowest BCUT2D eigenvalue weighted by Gasteiger charge is -2.26. The summed E-state index contributed by atoms with van der Waals surface area (Å²) in [5.41, 5.74) is 14.6. The van der Waals surface area contributed by atoms with Gasteiger partial charge in [0, 0.05) is 12.0 Å². The second-order valence-electron chi connectivity index (χ2n) is 5.90. The minimum atomic E-state index is 0.0380. The van der Waals surface area contributed by atoms with E-state index in [1.165, 1.54) is 33.4 Å². The van der Waals surface area contributed by atoms with Crippen molar-refractivity contribution in [1.29, 1.82) is 0 Å². The number of nitrogens with two attached hydrogens (primary N) is 1. The number of hydrogen-bond acceptors (Lipinski definition) is 1. The summed E-state index contributed by atoms with van der Waals surface area (Å²) in [5, 5.41) is 0. The molecule has 0 spiro atoms. The first kappa shape index (κ1) is 14.8. The molecule has 0 bridgehead atoms. The van der Waals surface area contributed by atoms with Crippen LogP contribution >= 0.6 is 0 Å². The number of rotatable bonds is 3. The van der Waals surface area contributed by atoms with Crippen LogP contribution in [0.15, 0.2) is 36.4 Å². The summed E-state index contributed by atoms with van der Waals surface area (Å²) < 4.78 is 0. The van der Waals surface area contributed by atoms with Crippen molar-refractivity contribution in [3.8, 4) is 0 Å². The minimum Gasteiger partial charge on any atom is -0.323 e. The molecule has 0 aliphatic rings. The van der Waals surface area contributed by atoms with Crippen LogP contribution in [0.3, 0.4) is 0 Å². The molecule has 2 aromatic carbocycles. The molecule has 0 fully saturated rings. The number of hydrogen-bond donors (Lipinski definition) is 1. The summed E-state index contributed by atoms with van der Waals surface area (Å²) in [6, 6.07) is 12.8. The van der Waals surface area contributed by atoms with Gasteiger partial charge >= 0.3 is 0 Å². The van der Waals surface area contributed by atoms with Crippen molar-refractivity contribution in [2.45, 2.75) is 46.6 Å². The molecule has 2 aromatic rings. The molecular formula is C19H25N. The Balaban J connectivity index is 2.46. The SMILES string of the molecule is Cc1cc(C)c(C)c(C(N)C(C)c2ccccc2)c1C. The predicted octanol–water partition coefficient (Wildman–Crippen LogP) is 4.72. The summed E-state index contributed by atoms with van der Waals surface area (Å²) >= 11 is 0. The average molecular weight is 267 g/mol. The van der Waals surface area contributed by atoms with E-state index in [1.54, 1.807) is 0 Å². The zero-order chi connectivity index (χ0) is 14.9. The van der Waals surface area contributed by atoms with Gasteiger partial charge < -0.3 is 5.73 Å². The van der Waals surface area contributed by atoms with Gasteiger partial charge in [-0.1, -0.05) is 43.3 Å². The third-order valence-corrected chi connectivity index (χ3v) is 4.62. The van der Waals surface area contributed by atoms with E-state index in [0.717, 1.165) is 0 Å². The van der Waals surface area contributed by atoms with E-state index in [4.69, 9.17) is 5.73 Å². The van der Waals surface area contributed by atoms with E-state index in [0.29, 0.717) is 5.92 Å². The topological polar surface area (TPSA) is 26.0 Å². The van der Waals surface area contributed by atoms with Crippen LogP contribution in [-0.2, 0) is 0 Å². The molecule has 2 N–H and O–H groups in total. The van der Waals surface area contributed by atoms with Crippen LogP contribution in [0.1, 0.15) is 52.3 Å². The molecule has 0 saturated carbocycles. The number of benzene rings is 2. The molecule has 0 heterocycles. The second kappa shape index (κ2) is 5.80. The molecular weight excluding hydrogens is 242 g/mol. The fourth-order valence-electron chi connectivity index (χ4n) is 2.96. The van der Waals surface area contributed by atoms with Crippen LogP contribution in [-0.4, -0.2) is 0 Å². The van der Waals surface area contributed by atoms with E-state index in [2.05, 4.69) is 71.0 Å². The lowest BCUT2D eigenvalue weighted by atomic mass is 9.82. The molecule has 2 rings (SSSR count). The molecule has 2 atom stereocenters. The van der Waals surface area contributed by atoms with Gasteiger partial charge in [0.1, 0.15) is 0 Å². The Hall–Kier alpha value is -1.60. The molecule has 0 amide bonds. The van der Waals surface area contributed by atoms with E-state index >= 15 is 0 Å². The summed E-state index contributed by atoms with van der Waals surface area (Å²) in [4.78, 5) is 0. The molecule has 0 aliphatic heterocycles. The van der Waals surface area contributed by atoms with Crippen LogP contribution in [0.4, 0.5) is 0 Å². The summed E-state index contributed by atoms with van der Waals surface area (Å²) in [6.45, 7) is 10.9. The Morgan fingerprint density at radius 1 is 0.850 bits per heavy atom. The largest absolute Gasteiger partial charge is 0.323 e. The van der Waals surface area contributed by atoms with Gasteiger partial charge in [0.15, 0.2) is 0 Å². The van der Waals surface area contributed by atoms with Crippen molar-refractivity contribution in [1.82, 2.24) is 0 Å². The maximum Gasteiger partial charge on any atom is 0.0367 e. The van der Waals surface area contributed by atoms with Crippen molar-refractivity contribution in [2.24, 2.45) is 5.73 Å². The number of aryl methyl sites for hydroxylation is 2. The van der Waals surface area contributed by atoms with E-state index in [-0.39, 0.29) is 6.04 Å². The first-order valence-corrected chi connectivity index (χ1v) is 7.31. The van der Waals surface area contributed by atoms with Crippen LogP contribution < -0.4 is 5.73 Å². The molecule has 1 heteroatoms. The maximum absolute atomic E-state index is 6.61. The molecule has 0 radical (unpaired) electrons. The highest BCUT2D eigenvalue weighted by molar-refractivity contribution is 5.46. The van der Waals surface area contributed by atoms with Crippen LogP contribution in [0.25, 0.3) is 0 Å². The van der Waals surface area contributed by atoms with Gasteiger partial charge in [-0.15, -0.1) is 0 Å². The zero-order valence-electron chi connectivity index (χ0n) is 13.2. The Labute approximate surface area is 122 Å². The standard InChI is InChI=1S/C19H25N/c1-12-11-13(2)15(4)18(14(12)3)19(20)16(5)17-9-7-6-8-10-17/h6-11,16,19H,20H2,1-5H3. The lowest BCUT2D eigenvalue weighted by molar-refractivity contribution is 0.591. The van der Waals surface area contributed by atoms with Crippen molar-refractivity contribution in [3.05, 3.63) is 69.8 Å². The van der Waals surface area contributed by atoms with Gasteiger partial charge in [-0.3, -0.25) is 0 Å². The van der Waals surface area contributed by atoms with Crippen molar-refractivity contribution < 1.29 is 0 Å². The first-order chi connectivity index (χ1) is 9.43. The molecule has 106 valence electrons. The minimum absolute atomic E-state index is 0.0380. The van der Waals surface area contributed by atoms with Gasteiger partial charge in [-0.25, -0.2) is 0 Å². The zero-order valence-corrected chi connectivity index (χ0v) is 13.2. The highest BCUT2D eigenvalue weighted by Gasteiger charge is 2.21. The Kier molecular flexibility index (Phi) is 4.29. The molecule has 0 aliphatic carbocycles. The molecule has 0 saturated heterocycles. The Morgan fingerprint density at radius 3 is 1.85 bits per heavy atom. The highest BCUT2D eigenvalue weighted by atomic mass is 14.7. The van der Waals surface area contributed by atoms with Gasteiger partial charge in [-0.2, -0.15) is 0 Å². The van der Waals surface area contributed by atoms with Crippen LogP contribution in [0, 0.1) is 27.7 Å². The fourth-order valence-corrected chi connectivity index (χ4v) is 2.96. The summed E-state index contributed by atoms with van der Waals surface area (Å²) in [5.74, 6) is 0.315. The Morgan fingerprint density at radius 2 is 1.35 bits per heavy atom. The molecule has 1 nitrogen and oxygen atoms in total. The second-order valence-corrected chi connectivity index (χ2v) is 5.90.